The summed E-state index contributed by atoms with van der Waals surface area (Å²) in [5.41, 5.74) is 1.44. The summed E-state index contributed by atoms with van der Waals surface area (Å²) in [5, 5.41) is 3.42. The van der Waals surface area contributed by atoms with Crippen molar-refractivity contribution >= 4 is 62.1 Å². The molecule has 0 aliphatic heterocycles. The van der Waals surface area contributed by atoms with Crippen LogP contribution in [0.15, 0.2) is 65.6 Å². The average Bonchev–Trinajstić information content (AvgIpc) is 2.71. The quantitative estimate of drug-likeness (QED) is 0.433. The molecule has 0 aliphatic carbocycles. The molecule has 0 atom stereocenters. The molecule has 0 aliphatic rings. The number of benzene rings is 3. The van der Waals surface area contributed by atoms with Gasteiger partial charge in [0.25, 0.3) is 10.0 Å². The summed E-state index contributed by atoms with van der Waals surface area (Å²) in [4.78, 5) is 12.8. The number of rotatable bonds is 7. The number of hydrogen-bond donors (Lipinski definition) is 1. The summed E-state index contributed by atoms with van der Waals surface area (Å²) in [6.45, 7) is 1.33. The molecule has 0 saturated heterocycles. The van der Waals surface area contributed by atoms with Gasteiger partial charge < -0.3 is 10.1 Å². The zero-order chi connectivity index (χ0) is 23.5. The Balaban J connectivity index is 1.96. The molecule has 10 heteroatoms. The van der Waals surface area contributed by atoms with E-state index in [0.29, 0.717) is 16.5 Å². The van der Waals surface area contributed by atoms with Gasteiger partial charge in [0.1, 0.15) is 12.3 Å². The lowest BCUT2D eigenvalue weighted by molar-refractivity contribution is -0.114. The van der Waals surface area contributed by atoms with Crippen molar-refractivity contribution < 1.29 is 17.9 Å². The van der Waals surface area contributed by atoms with Crippen LogP contribution in [-0.4, -0.2) is 28.0 Å². The Bertz CT molecular complexity index is 1230. The highest BCUT2D eigenvalue weighted by atomic mass is 35.5. The number of nitrogens with zero attached hydrogens (tertiary/aromatic N) is 1. The van der Waals surface area contributed by atoms with Crippen LogP contribution in [0.1, 0.15) is 5.56 Å². The van der Waals surface area contributed by atoms with Crippen molar-refractivity contribution in [1.29, 1.82) is 0 Å². The normalized spacial score (nSPS) is 11.2. The molecule has 6 nitrogen and oxygen atoms in total. The third-order valence-electron chi connectivity index (χ3n) is 4.47. The van der Waals surface area contributed by atoms with Gasteiger partial charge in [-0.1, -0.05) is 52.5 Å². The monoisotopic (exact) mass is 512 g/mol. The minimum atomic E-state index is -4.10. The molecule has 0 radical (unpaired) electrons. The topological polar surface area (TPSA) is 75.7 Å². The van der Waals surface area contributed by atoms with E-state index < -0.39 is 22.5 Å². The van der Waals surface area contributed by atoms with Crippen molar-refractivity contribution in [2.75, 3.05) is 23.3 Å². The third-order valence-corrected chi connectivity index (χ3v) is 6.99. The number of ether oxygens (including phenoxy) is 1. The van der Waals surface area contributed by atoms with Gasteiger partial charge in [-0.3, -0.25) is 9.10 Å². The second kappa shape index (κ2) is 10.0. The first-order chi connectivity index (χ1) is 15.1. The van der Waals surface area contributed by atoms with Gasteiger partial charge in [-0.05, 0) is 55.5 Å². The zero-order valence-corrected chi connectivity index (χ0v) is 20.2. The Morgan fingerprint density at radius 2 is 1.59 bits per heavy atom. The van der Waals surface area contributed by atoms with Crippen LogP contribution in [0.3, 0.4) is 0 Å². The number of methoxy groups -OCH3 is 1. The van der Waals surface area contributed by atoms with Crippen LogP contribution in [0.5, 0.6) is 5.75 Å². The fourth-order valence-electron chi connectivity index (χ4n) is 2.91. The van der Waals surface area contributed by atoms with E-state index in [1.807, 2.05) is 6.92 Å². The standard InChI is InChI=1S/C22H19Cl3N2O4S/c1-14-3-6-19(7-4-14)32(29,30)27(18-10-15(23)9-16(24)11-18)13-22(28)26-17-5-8-21(31-2)20(25)12-17/h3-12H,13H2,1-2H3,(H,26,28). The van der Waals surface area contributed by atoms with Crippen molar-refractivity contribution in [3.63, 3.8) is 0 Å². The van der Waals surface area contributed by atoms with Crippen LogP contribution >= 0.6 is 34.8 Å². The van der Waals surface area contributed by atoms with Gasteiger partial charge in [0.05, 0.1) is 22.7 Å². The maximum absolute atomic E-state index is 13.4. The van der Waals surface area contributed by atoms with Crippen LogP contribution in [0.25, 0.3) is 0 Å². The molecule has 0 heterocycles. The highest BCUT2D eigenvalue weighted by molar-refractivity contribution is 7.92. The molecule has 0 spiro atoms. The lowest BCUT2D eigenvalue weighted by Gasteiger charge is -2.24. The number of carbonyl (C=O) groups is 1. The fourth-order valence-corrected chi connectivity index (χ4v) is 5.09. The van der Waals surface area contributed by atoms with E-state index in [1.54, 1.807) is 24.3 Å². The molecule has 3 aromatic carbocycles. The number of anilines is 2. The molecule has 32 heavy (non-hydrogen) atoms. The maximum Gasteiger partial charge on any atom is 0.264 e. The molecular formula is C22H19Cl3N2O4S. The third kappa shape index (κ3) is 5.66. The van der Waals surface area contributed by atoms with Crippen molar-refractivity contribution in [2.45, 2.75) is 11.8 Å². The van der Waals surface area contributed by atoms with Crippen molar-refractivity contribution in [1.82, 2.24) is 0 Å². The molecule has 3 rings (SSSR count). The zero-order valence-electron chi connectivity index (χ0n) is 17.1. The first-order valence-corrected chi connectivity index (χ1v) is 11.9. The molecule has 0 bridgehead atoms. The smallest absolute Gasteiger partial charge is 0.264 e. The molecule has 0 saturated carbocycles. The van der Waals surface area contributed by atoms with Gasteiger partial charge >= 0.3 is 0 Å². The van der Waals surface area contributed by atoms with Crippen LogP contribution in [0.2, 0.25) is 15.1 Å². The molecule has 0 unspecified atom stereocenters. The Kier molecular flexibility index (Phi) is 7.56. The first kappa shape index (κ1) is 24.2. The van der Waals surface area contributed by atoms with E-state index >= 15 is 0 Å². The summed E-state index contributed by atoms with van der Waals surface area (Å²) in [6, 6.07) is 15.3. The molecule has 1 amide bonds. The van der Waals surface area contributed by atoms with Gasteiger partial charge in [-0.15, -0.1) is 0 Å². The van der Waals surface area contributed by atoms with E-state index in [1.165, 1.54) is 43.5 Å². The van der Waals surface area contributed by atoms with Gasteiger partial charge in [-0.2, -0.15) is 0 Å². The highest BCUT2D eigenvalue weighted by Crippen LogP contribution is 2.30. The molecule has 0 fully saturated rings. The fraction of sp³-hybridized carbons (Fsp3) is 0.136. The number of amides is 1. The van der Waals surface area contributed by atoms with Gasteiger partial charge in [0.2, 0.25) is 5.91 Å². The number of halogens is 3. The Hall–Kier alpha value is -2.45. The summed E-state index contributed by atoms with van der Waals surface area (Å²) in [7, 11) is -2.63. The van der Waals surface area contributed by atoms with Gasteiger partial charge in [0, 0.05) is 15.7 Å². The second-order valence-corrected chi connectivity index (χ2v) is 9.99. The van der Waals surface area contributed by atoms with E-state index in [9.17, 15) is 13.2 Å². The number of sulfonamides is 1. The molecule has 168 valence electrons. The highest BCUT2D eigenvalue weighted by Gasteiger charge is 2.28. The summed E-state index contributed by atoms with van der Waals surface area (Å²) in [6.07, 6.45) is 0. The predicted molar refractivity (Wildman–Crippen MR) is 129 cm³/mol. The summed E-state index contributed by atoms with van der Waals surface area (Å²) < 4.78 is 32.9. The first-order valence-electron chi connectivity index (χ1n) is 9.29. The number of nitrogens with one attached hydrogen (secondary N) is 1. The lowest BCUT2D eigenvalue weighted by atomic mass is 10.2. The number of carbonyl (C=O) groups excluding carboxylic acids is 1. The van der Waals surface area contributed by atoms with E-state index in [0.717, 1.165) is 9.87 Å². The van der Waals surface area contributed by atoms with Crippen molar-refractivity contribution in [3.8, 4) is 5.75 Å². The van der Waals surface area contributed by atoms with Crippen molar-refractivity contribution in [3.05, 3.63) is 81.3 Å². The second-order valence-electron chi connectivity index (χ2n) is 6.85. The number of hydrogen-bond acceptors (Lipinski definition) is 4. The Labute approximate surface area is 201 Å². The Morgan fingerprint density at radius 3 is 2.16 bits per heavy atom. The van der Waals surface area contributed by atoms with Crippen LogP contribution in [0.4, 0.5) is 11.4 Å². The molecular weight excluding hydrogens is 495 g/mol. The number of aryl methyl sites for hydroxylation is 1. The summed E-state index contributed by atoms with van der Waals surface area (Å²) >= 11 is 18.3. The molecule has 3 aromatic rings. The largest absolute Gasteiger partial charge is 0.495 e. The van der Waals surface area contributed by atoms with Crippen LogP contribution in [0, 0.1) is 6.92 Å². The maximum atomic E-state index is 13.4. The SMILES string of the molecule is COc1ccc(NC(=O)CN(c2cc(Cl)cc(Cl)c2)S(=O)(=O)c2ccc(C)cc2)cc1Cl. The lowest BCUT2D eigenvalue weighted by Crippen LogP contribution is -2.38. The minimum absolute atomic E-state index is 0.0273. The predicted octanol–water partition coefficient (Wildman–Crippen LogP) is 5.80. The summed E-state index contributed by atoms with van der Waals surface area (Å²) in [5.74, 6) is -0.139. The van der Waals surface area contributed by atoms with E-state index in [-0.39, 0.29) is 20.6 Å². The molecule has 1 N–H and O–H groups in total. The van der Waals surface area contributed by atoms with Crippen molar-refractivity contribution in [2.24, 2.45) is 0 Å². The molecule has 0 aromatic heterocycles. The Morgan fingerprint density at radius 1 is 0.969 bits per heavy atom. The van der Waals surface area contributed by atoms with Crippen LogP contribution in [-0.2, 0) is 14.8 Å². The average molecular weight is 514 g/mol. The minimum Gasteiger partial charge on any atom is -0.495 e. The van der Waals surface area contributed by atoms with E-state index in [2.05, 4.69) is 5.32 Å². The van der Waals surface area contributed by atoms with Gasteiger partial charge in [0.15, 0.2) is 0 Å². The van der Waals surface area contributed by atoms with Gasteiger partial charge in [-0.25, -0.2) is 8.42 Å². The van der Waals surface area contributed by atoms with E-state index in [4.69, 9.17) is 39.5 Å². The van der Waals surface area contributed by atoms with Crippen LogP contribution < -0.4 is 14.4 Å².